The number of rotatable bonds is 5. The van der Waals surface area contributed by atoms with Crippen molar-refractivity contribution in [1.29, 1.82) is 0 Å². The van der Waals surface area contributed by atoms with Crippen molar-refractivity contribution in [3.05, 3.63) is 64.4 Å². The average Bonchev–Trinajstić information content (AvgIpc) is 2.47. The third-order valence-corrected chi connectivity index (χ3v) is 3.38. The number of nitrogens with two attached hydrogens (primary N) is 1. The minimum Gasteiger partial charge on any atom is -0.494 e. The molecule has 0 aliphatic rings. The number of ether oxygens (including phenoxy) is 1. The minimum absolute atomic E-state index is 0.134. The molecular formula is C15H16ClFN2O. The van der Waals surface area contributed by atoms with Gasteiger partial charge in [-0.15, -0.1) is 0 Å². The molecule has 0 aliphatic carbocycles. The van der Waals surface area contributed by atoms with Gasteiger partial charge in [0.2, 0.25) is 0 Å². The summed E-state index contributed by atoms with van der Waals surface area (Å²) in [5.41, 5.74) is 4.69. The van der Waals surface area contributed by atoms with E-state index >= 15 is 0 Å². The quantitative estimate of drug-likeness (QED) is 0.657. The fraction of sp³-hybridized carbons (Fsp3) is 0.200. The lowest BCUT2D eigenvalue weighted by Crippen LogP contribution is -2.29. The van der Waals surface area contributed by atoms with Crippen LogP contribution in [0.15, 0.2) is 42.5 Å². The van der Waals surface area contributed by atoms with E-state index in [0.29, 0.717) is 11.4 Å². The molecule has 0 spiro atoms. The highest BCUT2D eigenvalue weighted by Crippen LogP contribution is 2.25. The van der Waals surface area contributed by atoms with E-state index in [1.165, 1.54) is 13.2 Å². The Morgan fingerprint density at radius 1 is 1.25 bits per heavy atom. The zero-order valence-corrected chi connectivity index (χ0v) is 11.8. The van der Waals surface area contributed by atoms with Crippen molar-refractivity contribution < 1.29 is 9.13 Å². The first kappa shape index (κ1) is 14.8. The lowest BCUT2D eigenvalue weighted by atomic mass is 9.99. The highest BCUT2D eigenvalue weighted by atomic mass is 35.5. The van der Waals surface area contributed by atoms with Gasteiger partial charge in [0.15, 0.2) is 11.6 Å². The highest BCUT2D eigenvalue weighted by molar-refractivity contribution is 6.30. The van der Waals surface area contributed by atoms with E-state index in [0.717, 1.165) is 11.1 Å². The van der Waals surface area contributed by atoms with E-state index < -0.39 is 5.82 Å². The molecular weight excluding hydrogens is 279 g/mol. The Morgan fingerprint density at radius 2 is 1.95 bits per heavy atom. The van der Waals surface area contributed by atoms with Gasteiger partial charge in [0.1, 0.15) is 0 Å². The van der Waals surface area contributed by atoms with Crippen LogP contribution < -0.4 is 16.0 Å². The topological polar surface area (TPSA) is 47.3 Å². The predicted octanol–water partition coefficient (Wildman–Crippen LogP) is 3.23. The van der Waals surface area contributed by atoms with Gasteiger partial charge in [0.05, 0.1) is 13.2 Å². The van der Waals surface area contributed by atoms with Gasteiger partial charge < -0.3 is 4.74 Å². The largest absolute Gasteiger partial charge is 0.494 e. The van der Waals surface area contributed by atoms with Gasteiger partial charge in [0, 0.05) is 5.02 Å². The lowest BCUT2D eigenvalue weighted by Gasteiger charge is -2.17. The van der Waals surface area contributed by atoms with Crippen LogP contribution in [0.25, 0.3) is 0 Å². The summed E-state index contributed by atoms with van der Waals surface area (Å²) in [4.78, 5) is 0. The molecule has 0 heterocycles. The van der Waals surface area contributed by atoms with Gasteiger partial charge in [-0.25, -0.2) is 4.39 Å². The molecule has 0 aromatic heterocycles. The maximum absolute atomic E-state index is 13.4. The highest BCUT2D eigenvalue weighted by Gasteiger charge is 2.13. The molecule has 20 heavy (non-hydrogen) atoms. The number of halogens is 2. The second kappa shape index (κ2) is 6.70. The van der Waals surface area contributed by atoms with Crippen LogP contribution in [0.4, 0.5) is 4.39 Å². The van der Waals surface area contributed by atoms with E-state index in [-0.39, 0.29) is 11.8 Å². The molecule has 0 amide bonds. The van der Waals surface area contributed by atoms with Crippen molar-refractivity contribution in [2.45, 2.75) is 12.5 Å². The molecule has 2 rings (SSSR count). The van der Waals surface area contributed by atoms with Gasteiger partial charge >= 0.3 is 0 Å². The molecule has 5 heteroatoms. The number of nitrogens with one attached hydrogen (secondary N) is 1. The van der Waals surface area contributed by atoms with Gasteiger partial charge in [-0.2, -0.15) is 0 Å². The molecule has 0 saturated carbocycles. The van der Waals surface area contributed by atoms with E-state index in [4.69, 9.17) is 22.2 Å². The van der Waals surface area contributed by atoms with Crippen LogP contribution in [0.1, 0.15) is 17.2 Å². The molecule has 0 saturated heterocycles. The first-order chi connectivity index (χ1) is 9.63. The molecule has 2 aromatic carbocycles. The molecule has 0 radical (unpaired) electrons. The number of hydrogen-bond acceptors (Lipinski definition) is 3. The Balaban J connectivity index is 2.21. The first-order valence-corrected chi connectivity index (χ1v) is 6.56. The van der Waals surface area contributed by atoms with Crippen molar-refractivity contribution in [3.8, 4) is 5.75 Å². The summed E-state index contributed by atoms with van der Waals surface area (Å²) < 4.78 is 18.4. The molecule has 0 bridgehead atoms. The summed E-state index contributed by atoms with van der Waals surface area (Å²) in [6.45, 7) is 0. The van der Waals surface area contributed by atoms with Gasteiger partial charge in [-0.05, 0) is 41.8 Å². The monoisotopic (exact) mass is 294 g/mol. The summed E-state index contributed by atoms with van der Waals surface area (Å²) in [5.74, 6) is 5.42. The zero-order valence-electron chi connectivity index (χ0n) is 11.1. The van der Waals surface area contributed by atoms with Crippen molar-refractivity contribution in [3.63, 3.8) is 0 Å². The summed E-state index contributed by atoms with van der Waals surface area (Å²) in [6, 6.07) is 12.1. The van der Waals surface area contributed by atoms with Crippen LogP contribution in [-0.4, -0.2) is 7.11 Å². The summed E-state index contributed by atoms with van der Waals surface area (Å²) in [7, 11) is 1.44. The van der Waals surface area contributed by atoms with Crippen LogP contribution in [0, 0.1) is 5.82 Å². The Kier molecular flexibility index (Phi) is 4.95. The van der Waals surface area contributed by atoms with E-state index in [2.05, 4.69) is 5.43 Å². The predicted molar refractivity (Wildman–Crippen MR) is 78.2 cm³/mol. The van der Waals surface area contributed by atoms with Crippen LogP contribution in [0.3, 0.4) is 0 Å². The third-order valence-electron chi connectivity index (χ3n) is 3.13. The van der Waals surface area contributed by atoms with Gasteiger partial charge in [-0.3, -0.25) is 11.3 Å². The van der Waals surface area contributed by atoms with E-state index in [1.54, 1.807) is 12.1 Å². The maximum atomic E-state index is 13.4. The molecule has 2 aromatic rings. The van der Waals surface area contributed by atoms with Crippen molar-refractivity contribution >= 4 is 11.6 Å². The number of hydrogen-bond donors (Lipinski definition) is 2. The van der Waals surface area contributed by atoms with Crippen molar-refractivity contribution in [2.75, 3.05) is 7.11 Å². The van der Waals surface area contributed by atoms with E-state index in [1.807, 2.05) is 24.3 Å². The molecule has 3 nitrogen and oxygen atoms in total. The standard InChI is InChI=1S/C15H16ClFN2O/c1-20-15-9-11(4-7-13(15)17)14(19-18)8-10-2-5-12(16)6-3-10/h2-7,9,14,19H,8,18H2,1H3. The molecule has 0 aliphatic heterocycles. The number of hydrazine groups is 1. The molecule has 3 N–H and O–H groups in total. The fourth-order valence-corrected chi connectivity index (χ4v) is 2.15. The SMILES string of the molecule is COc1cc(C(Cc2ccc(Cl)cc2)NN)ccc1F. The third kappa shape index (κ3) is 3.48. The molecule has 1 unspecified atom stereocenters. The molecule has 1 atom stereocenters. The molecule has 106 valence electrons. The second-order valence-electron chi connectivity index (χ2n) is 4.44. The lowest BCUT2D eigenvalue weighted by molar-refractivity contribution is 0.384. The smallest absolute Gasteiger partial charge is 0.165 e. The summed E-state index contributed by atoms with van der Waals surface area (Å²) in [5, 5.41) is 0.689. The van der Waals surface area contributed by atoms with Crippen molar-refractivity contribution in [1.82, 2.24) is 5.43 Å². The Morgan fingerprint density at radius 3 is 2.55 bits per heavy atom. The van der Waals surface area contributed by atoms with Gasteiger partial charge in [-0.1, -0.05) is 29.8 Å². The Labute approximate surface area is 122 Å². The first-order valence-electron chi connectivity index (χ1n) is 6.18. The normalized spacial score (nSPS) is 12.2. The number of methoxy groups -OCH3 is 1. The van der Waals surface area contributed by atoms with Crippen LogP contribution >= 0.6 is 11.6 Å². The summed E-state index contributed by atoms with van der Waals surface area (Å²) >= 11 is 5.86. The Bertz CT molecular complexity index is 575. The van der Waals surface area contributed by atoms with Crippen LogP contribution in [-0.2, 0) is 6.42 Å². The van der Waals surface area contributed by atoms with Crippen molar-refractivity contribution in [2.24, 2.45) is 5.84 Å². The van der Waals surface area contributed by atoms with Gasteiger partial charge in [0.25, 0.3) is 0 Å². The fourth-order valence-electron chi connectivity index (χ4n) is 2.02. The summed E-state index contributed by atoms with van der Waals surface area (Å²) in [6.07, 6.45) is 0.669. The van der Waals surface area contributed by atoms with Crippen LogP contribution in [0.2, 0.25) is 5.02 Å². The number of benzene rings is 2. The second-order valence-corrected chi connectivity index (χ2v) is 4.88. The molecule has 0 fully saturated rings. The zero-order chi connectivity index (χ0) is 14.5. The Hall–Kier alpha value is -1.62. The maximum Gasteiger partial charge on any atom is 0.165 e. The average molecular weight is 295 g/mol. The van der Waals surface area contributed by atoms with Crippen LogP contribution in [0.5, 0.6) is 5.75 Å². The minimum atomic E-state index is -0.390. The van der Waals surface area contributed by atoms with E-state index in [9.17, 15) is 4.39 Å².